The second kappa shape index (κ2) is 6.60. The normalized spacial score (nSPS) is 16.4. The van der Waals surface area contributed by atoms with Crippen LogP contribution in [-0.2, 0) is 17.7 Å². The van der Waals surface area contributed by atoms with Crippen LogP contribution in [0.1, 0.15) is 17.3 Å². The monoisotopic (exact) mass is 274 g/mol. The summed E-state index contributed by atoms with van der Waals surface area (Å²) in [6.07, 6.45) is 0.696. The first kappa shape index (κ1) is 13.2. The minimum Gasteiger partial charge on any atom is -0.379 e. The maximum Gasteiger partial charge on any atom is 0.242 e. The van der Waals surface area contributed by atoms with Crippen LogP contribution < -0.4 is 5.43 Å². The Morgan fingerprint density at radius 1 is 1.15 bits per heavy atom. The smallest absolute Gasteiger partial charge is 0.242 e. The van der Waals surface area contributed by atoms with E-state index in [4.69, 9.17) is 9.26 Å². The van der Waals surface area contributed by atoms with Crippen molar-refractivity contribution in [2.24, 2.45) is 0 Å². The van der Waals surface area contributed by atoms with E-state index in [1.807, 2.05) is 18.2 Å². The molecule has 0 spiro atoms. The molecule has 0 aliphatic carbocycles. The number of aromatic nitrogens is 2. The molecular formula is C14H18N4O2. The first-order valence-corrected chi connectivity index (χ1v) is 6.82. The van der Waals surface area contributed by atoms with E-state index in [1.165, 1.54) is 5.56 Å². The molecular weight excluding hydrogens is 256 g/mol. The van der Waals surface area contributed by atoms with Crippen molar-refractivity contribution in [3.8, 4) is 0 Å². The summed E-state index contributed by atoms with van der Waals surface area (Å²) in [6, 6.07) is 10.1. The van der Waals surface area contributed by atoms with Gasteiger partial charge in [-0.3, -0.25) is 0 Å². The summed E-state index contributed by atoms with van der Waals surface area (Å²) in [6.45, 7) is 3.84. The molecule has 0 saturated carbocycles. The van der Waals surface area contributed by atoms with Gasteiger partial charge in [-0.25, -0.2) is 10.4 Å². The summed E-state index contributed by atoms with van der Waals surface area (Å²) in [5.41, 5.74) is 4.45. The highest BCUT2D eigenvalue weighted by Crippen LogP contribution is 2.06. The molecule has 1 fully saturated rings. The average molecular weight is 274 g/mol. The van der Waals surface area contributed by atoms with Gasteiger partial charge in [-0.1, -0.05) is 35.5 Å². The van der Waals surface area contributed by atoms with Crippen molar-refractivity contribution < 1.29 is 9.26 Å². The molecule has 0 atom stereocenters. The van der Waals surface area contributed by atoms with Crippen molar-refractivity contribution in [1.82, 2.24) is 20.6 Å². The van der Waals surface area contributed by atoms with Crippen LogP contribution in [0.2, 0.25) is 0 Å². The van der Waals surface area contributed by atoms with Gasteiger partial charge in [-0.05, 0) is 5.56 Å². The van der Waals surface area contributed by atoms with Gasteiger partial charge in [0.1, 0.15) is 0 Å². The van der Waals surface area contributed by atoms with Crippen molar-refractivity contribution in [2.75, 3.05) is 26.3 Å². The van der Waals surface area contributed by atoms with Crippen molar-refractivity contribution >= 4 is 0 Å². The summed E-state index contributed by atoms with van der Waals surface area (Å²) in [7, 11) is 0. The highest BCUT2D eigenvalue weighted by molar-refractivity contribution is 5.18. The Labute approximate surface area is 117 Å². The molecule has 0 amide bonds. The zero-order valence-corrected chi connectivity index (χ0v) is 11.3. The Balaban J connectivity index is 1.51. The lowest BCUT2D eigenvalue weighted by atomic mass is 10.1. The van der Waals surface area contributed by atoms with Gasteiger partial charge in [0.05, 0.1) is 19.8 Å². The van der Waals surface area contributed by atoms with Crippen LogP contribution in [0, 0.1) is 0 Å². The zero-order valence-electron chi connectivity index (χ0n) is 11.3. The van der Waals surface area contributed by atoms with E-state index in [2.05, 4.69) is 32.7 Å². The van der Waals surface area contributed by atoms with E-state index in [0.717, 1.165) is 32.1 Å². The van der Waals surface area contributed by atoms with Gasteiger partial charge in [0, 0.05) is 19.5 Å². The number of nitrogens with one attached hydrogen (secondary N) is 1. The fourth-order valence-electron chi connectivity index (χ4n) is 2.11. The van der Waals surface area contributed by atoms with Gasteiger partial charge < -0.3 is 9.26 Å². The average Bonchev–Trinajstić information content (AvgIpc) is 2.95. The predicted octanol–water partition coefficient (Wildman–Crippen LogP) is 0.997. The molecule has 3 rings (SSSR count). The molecule has 6 heteroatoms. The van der Waals surface area contributed by atoms with Crippen molar-refractivity contribution in [3.63, 3.8) is 0 Å². The third kappa shape index (κ3) is 3.63. The van der Waals surface area contributed by atoms with Crippen molar-refractivity contribution in [1.29, 1.82) is 0 Å². The molecule has 2 aromatic rings. The second-order valence-electron chi connectivity index (χ2n) is 4.70. The lowest BCUT2D eigenvalue weighted by molar-refractivity contribution is 0.00885. The highest BCUT2D eigenvalue weighted by atomic mass is 16.5. The number of morpholine rings is 1. The lowest BCUT2D eigenvalue weighted by Gasteiger charge is -2.26. The minimum absolute atomic E-state index is 0.557. The van der Waals surface area contributed by atoms with E-state index in [1.54, 1.807) is 0 Å². The maximum atomic E-state index is 5.29. The summed E-state index contributed by atoms with van der Waals surface area (Å²) < 4.78 is 10.5. The van der Waals surface area contributed by atoms with Gasteiger partial charge in [0.15, 0.2) is 5.82 Å². The van der Waals surface area contributed by atoms with E-state index in [0.29, 0.717) is 18.9 Å². The van der Waals surface area contributed by atoms with Crippen LogP contribution in [0.15, 0.2) is 34.9 Å². The van der Waals surface area contributed by atoms with E-state index in [9.17, 15) is 0 Å². The Kier molecular flexibility index (Phi) is 4.37. The van der Waals surface area contributed by atoms with Gasteiger partial charge >= 0.3 is 0 Å². The first-order chi connectivity index (χ1) is 9.90. The van der Waals surface area contributed by atoms with Gasteiger partial charge in [-0.15, -0.1) is 0 Å². The van der Waals surface area contributed by atoms with Gasteiger partial charge in [0.2, 0.25) is 5.89 Å². The fraction of sp³-hybridized carbons (Fsp3) is 0.429. The van der Waals surface area contributed by atoms with E-state index >= 15 is 0 Å². The lowest BCUT2D eigenvalue weighted by Crippen LogP contribution is -2.45. The van der Waals surface area contributed by atoms with E-state index < -0.39 is 0 Å². The third-order valence-electron chi connectivity index (χ3n) is 3.18. The number of hydrogen-bond acceptors (Lipinski definition) is 6. The van der Waals surface area contributed by atoms with Crippen molar-refractivity contribution in [3.05, 3.63) is 47.6 Å². The van der Waals surface area contributed by atoms with Crippen LogP contribution in [0.25, 0.3) is 0 Å². The van der Waals surface area contributed by atoms with Crippen LogP contribution in [0.3, 0.4) is 0 Å². The Morgan fingerprint density at radius 3 is 2.75 bits per heavy atom. The van der Waals surface area contributed by atoms with Gasteiger partial charge in [-0.2, -0.15) is 4.98 Å². The predicted molar refractivity (Wildman–Crippen MR) is 72.8 cm³/mol. The quantitative estimate of drug-likeness (QED) is 0.877. The fourth-order valence-corrected chi connectivity index (χ4v) is 2.11. The molecule has 1 aliphatic rings. The Bertz CT molecular complexity index is 523. The molecule has 1 aromatic heterocycles. The molecule has 0 radical (unpaired) electrons. The standard InChI is InChI=1S/C14H18N4O2/c1-2-4-12(5-3-1)10-13-16-14(20-17-13)11-15-18-6-8-19-9-7-18/h1-5,15H,6-11H2. The second-order valence-corrected chi connectivity index (χ2v) is 4.70. The summed E-state index contributed by atoms with van der Waals surface area (Å²) in [5.74, 6) is 1.33. The van der Waals surface area contributed by atoms with Crippen molar-refractivity contribution in [2.45, 2.75) is 13.0 Å². The van der Waals surface area contributed by atoms with Crippen LogP contribution in [0.5, 0.6) is 0 Å². The molecule has 2 heterocycles. The van der Waals surface area contributed by atoms with Gasteiger partial charge in [0.25, 0.3) is 0 Å². The highest BCUT2D eigenvalue weighted by Gasteiger charge is 2.12. The number of benzene rings is 1. The van der Waals surface area contributed by atoms with Crippen LogP contribution >= 0.6 is 0 Å². The molecule has 0 bridgehead atoms. The Hall–Kier alpha value is -1.76. The molecule has 20 heavy (non-hydrogen) atoms. The van der Waals surface area contributed by atoms with Crippen LogP contribution in [-0.4, -0.2) is 41.5 Å². The number of nitrogens with zero attached hydrogens (tertiary/aromatic N) is 3. The number of rotatable bonds is 5. The first-order valence-electron chi connectivity index (χ1n) is 6.82. The largest absolute Gasteiger partial charge is 0.379 e. The SMILES string of the molecule is c1ccc(Cc2noc(CNN3CCOCC3)n2)cc1. The topological polar surface area (TPSA) is 63.4 Å². The third-order valence-corrected chi connectivity index (χ3v) is 3.18. The molecule has 1 aliphatic heterocycles. The Morgan fingerprint density at radius 2 is 1.95 bits per heavy atom. The zero-order chi connectivity index (χ0) is 13.6. The molecule has 0 unspecified atom stereocenters. The molecule has 1 saturated heterocycles. The van der Waals surface area contributed by atoms with E-state index in [-0.39, 0.29) is 0 Å². The molecule has 106 valence electrons. The summed E-state index contributed by atoms with van der Waals surface area (Å²) in [4.78, 5) is 4.39. The number of ether oxygens (including phenoxy) is 1. The number of hydrazine groups is 1. The molecule has 1 N–H and O–H groups in total. The summed E-state index contributed by atoms with van der Waals surface area (Å²) in [5, 5.41) is 6.12. The minimum atomic E-state index is 0.557. The molecule has 1 aromatic carbocycles. The summed E-state index contributed by atoms with van der Waals surface area (Å²) >= 11 is 0. The maximum absolute atomic E-state index is 5.29. The molecule has 6 nitrogen and oxygen atoms in total. The van der Waals surface area contributed by atoms with Crippen LogP contribution in [0.4, 0.5) is 0 Å². The number of hydrogen-bond donors (Lipinski definition) is 1.